The van der Waals surface area contributed by atoms with E-state index in [9.17, 15) is 9.59 Å². The maximum absolute atomic E-state index is 12.6. The number of nitrogens with zero attached hydrogens (tertiary/aromatic N) is 2. The summed E-state index contributed by atoms with van der Waals surface area (Å²) in [6, 6.07) is 7.73. The number of nitrogens with one attached hydrogen (secondary N) is 1. The molecule has 3 rings (SSSR count). The van der Waals surface area contributed by atoms with Crippen LogP contribution in [0.3, 0.4) is 0 Å². The molecule has 6 nitrogen and oxygen atoms in total. The van der Waals surface area contributed by atoms with Gasteiger partial charge in [0.25, 0.3) is 0 Å². The van der Waals surface area contributed by atoms with Crippen LogP contribution in [0, 0.1) is 13.8 Å². The standard InChI is InChI=1S/C19H23N3O3/c1-12-18(13(2)25-21-12)19(3,4)20-16(23)11-22-15-8-6-5-7-14(15)9-10-17(22)24/h5-8H,9-11H2,1-4H3,(H,20,23). The molecule has 0 atom stereocenters. The number of benzene rings is 1. The van der Waals surface area contributed by atoms with Crippen LogP contribution in [0.25, 0.3) is 0 Å². The minimum absolute atomic E-state index is 0.00263. The van der Waals surface area contributed by atoms with Crippen molar-refractivity contribution in [1.82, 2.24) is 10.5 Å². The van der Waals surface area contributed by atoms with Crippen molar-refractivity contribution in [3.8, 4) is 0 Å². The number of hydrogen-bond donors (Lipinski definition) is 1. The molecule has 0 unspecified atom stereocenters. The molecule has 132 valence electrons. The van der Waals surface area contributed by atoms with Gasteiger partial charge < -0.3 is 14.7 Å². The number of hydrogen-bond acceptors (Lipinski definition) is 4. The van der Waals surface area contributed by atoms with Crippen LogP contribution in [0.5, 0.6) is 0 Å². The Kier molecular flexibility index (Phi) is 4.37. The molecule has 1 aliphatic heterocycles. The van der Waals surface area contributed by atoms with Crippen LogP contribution in [-0.2, 0) is 21.5 Å². The molecule has 6 heteroatoms. The fourth-order valence-electron chi connectivity index (χ4n) is 3.64. The summed E-state index contributed by atoms with van der Waals surface area (Å²) < 4.78 is 5.21. The Morgan fingerprint density at radius 3 is 2.68 bits per heavy atom. The fraction of sp³-hybridized carbons (Fsp3) is 0.421. The maximum atomic E-state index is 12.6. The second-order valence-corrected chi connectivity index (χ2v) is 6.98. The number of carbonyl (C=O) groups is 2. The largest absolute Gasteiger partial charge is 0.361 e. The van der Waals surface area contributed by atoms with Gasteiger partial charge in [-0.1, -0.05) is 23.4 Å². The van der Waals surface area contributed by atoms with Crippen LogP contribution in [0.15, 0.2) is 28.8 Å². The van der Waals surface area contributed by atoms with Gasteiger partial charge in [0, 0.05) is 17.7 Å². The van der Waals surface area contributed by atoms with E-state index in [0.29, 0.717) is 12.2 Å². The Morgan fingerprint density at radius 1 is 1.28 bits per heavy atom. The highest BCUT2D eigenvalue weighted by molar-refractivity contribution is 6.01. The zero-order chi connectivity index (χ0) is 18.2. The monoisotopic (exact) mass is 341 g/mol. The molecular formula is C19H23N3O3. The van der Waals surface area contributed by atoms with Crippen LogP contribution in [-0.4, -0.2) is 23.5 Å². The SMILES string of the molecule is Cc1noc(C)c1C(C)(C)NC(=O)CN1C(=O)CCc2ccccc21. The van der Waals surface area contributed by atoms with Crippen molar-refractivity contribution in [2.45, 2.75) is 46.1 Å². The Labute approximate surface area is 147 Å². The summed E-state index contributed by atoms with van der Waals surface area (Å²) in [4.78, 5) is 26.5. The Balaban J connectivity index is 1.78. The smallest absolute Gasteiger partial charge is 0.240 e. The predicted molar refractivity (Wildman–Crippen MR) is 94.3 cm³/mol. The molecule has 0 fully saturated rings. The van der Waals surface area contributed by atoms with Crippen molar-refractivity contribution in [1.29, 1.82) is 0 Å². The van der Waals surface area contributed by atoms with Crippen LogP contribution in [0.4, 0.5) is 5.69 Å². The Morgan fingerprint density at radius 2 is 2.00 bits per heavy atom. The van der Waals surface area contributed by atoms with Crippen molar-refractivity contribution >= 4 is 17.5 Å². The van der Waals surface area contributed by atoms with Gasteiger partial charge in [-0.2, -0.15) is 0 Å². The number of rotatable bonds is 4. The molecule has 2 heterocycles. The fourth-order valence-corrected chi connectivity index (χ4v) is 3.64. The second-order valence-electron chi connectivity index (χ2n) is 6.98. The van der Waals surface area contributed by atoms with Crippen molar-refractivity contribution in [2.75, 3.05) is 11.4 Å². The maximum Gasteiger partial charge on any atom is 0.240 e. The van der Waals surface area contributed by atoms with E-state index in [4.69, 9.17) is 4.52 Å². The van der Waals surface area contributed by atoms with Crippen LogP contribution < -0.4 is 10.2 Å². The van der Waals surface area contributed by atoms with Crippen LogP contribution in [0.1, 0.15) is 42.8 Å². The number of anilines is 1. The molecule has 1 aliphatic rings. The first kappa shape index (κ1) is 17.2. The summed E-state index contributed by atoms with van der Waals surface area (Å²) in [5.74, 6) is 0.446. The molecule has 1 aromatic carbocycles. The molecule has 0 saturated heterocycles. The van der Waals surface area contributed by atoms with Gasteiger partial charge in [-0.25, -0.2) is 0 Å². The third-order valence-corrected chi connectivity index (χ3v) is 4.60. The minimum Gasteiger partial charge on any atom is -0.361 e. The number of para-hydroxylation sites is 1. The first-order valence-corrected chi connectivity index (χ1v) is 8.42. The van der Waals surface area contributed by atoms with Crippen molar-refractivity contribution in [2.24, 2.45) is 0 Å². The molecule has 1 N–H and O–H groups in total. The van der Waals surface area contributed by atoms with Gasteiger partial charge in [-0.05, 0) is 45.7 Å². The molecule has 0 aliphatic carbocycles. The lowest BCUT2D eigenvalue weighted by Crippen LogP contribution is -2.48. The topological polar surface area (TPSA) is 75.4 Å². The lowest BCUT2D eigenvalue weighted by Gasteiger charge is -2.31. The van der Waals surface area contributed by atoms with Crippen LogP contribution in [0.2, 0.25) is 0 Å². The zero-order valence-corrected chi connectivity index (χ0v) is 15.0. The molecule has 2 aromatic rings. The van der Waals surface area contributed by atoms with Gasteiger partial charge in [0.05, 0.1) is 11.2 Å². The highest BCUT2D eigenvalue weighted by atomic mass is 16.5. The first-order chi connectivity index (χ1) is 11.8. The van der Waals surface area contributed by atoms with Gasteiger partial charge >= 0.3 is 0 Å². The van der Waals surface area contributed by atoms with Gasteiger partial charge in [-0.3, -0.25) is 9.59 Å². The molecule has 0 spiro atoms. The average Bonchev–Trinajstić information content (AvgIpc) is 2.89. The molecule has 0 saturated carbocycles. The van der Waals surface area contributed by atoms with E-state index in [1.807, 2.05) is 52.0 Å². The molecule has 0 radical (unpaired) electrons. The molecule has 1 aromatic heterocycles. The molecule has 25 heavy (non-hydrogen) atoms. The number of carbonyl (C=O) groups excluding carboxylic acids is 2. The predicted octanol–water partition coefficient (Wildman–Crippen LogP) is 2.62. The van der Waals surface area contributed by atoms with E-state index in [-0.39, 0.29) is 18.4 Å². The van der Waals surface area contributed by atoms with Gasteiger partial charge in [0.15, 0.2) is 0 Å². The van der Waals surface area contributed by atoms with E-state index >= 15 is 0 Å². The Bertz CT molecular complexity index is 804. The van der Waals surface area contributed by atoms with Crippen molar-refractivity contribution in [3.05, 3.63) is 46.8 Å². The van der Waals surface area contributed by atoms with Crippen LogP contribution >= 0.6 is 0 Å². The lowest BCUT2D eigenvalue weighted by atomic mass is 9.92. The summed E-state index contributed by atoms with van der Waals surface area (Å²) in [6.07, 6.45) is 1.15. The third kappa shape index (κ3) is 3.29. The molecule has 2 amide bonds. The van der Waals surface area contributed by atoms with Gasteiger partial charge in [-0.15, -0.1) is 0 Å². The average molecular weight is 341 g/mol. The molecule has 0 bridgehead atoms. The second kappa shape index (κ2) is 6.35. The number of aryl methyl sites for hydroxylation is 3. The van der Waals surface area contributed by atoms with E-state index < -0.39 is 5.54 Å². The molecular weight excluding hydrogens is 318 g/mol. The summed E-state index contributed by atoms with van der Waals surface area (Å²) in [5.41, 5.74) is 2.90. The Hall–Kier alpha value is -2.63. The summed E-state index contributed by atoms with van der Waals surface area (Å²) in [7, 11) is 0. The number of aromatic nitrogens is 1. The first-order valence-electron chi connectivity index (χ1n) is 8.42. The number of amides is 2. The summed E-state index contributed by atoms with van der Waals surface area (Å²) >= 11 is 0. The highest BCUT2D eigenvalue weighted by Crippen LogP contribution is 2.29. The summed E-state index contributed by atoms with van der Waals surface area (Å²) in [6.45, 7) is 7.49. The third-order valence-electron chi connectivity index (χ3n) is 4.60. The lowest BCUT2D eigenvalue weighted by molar-refractivity contribution is -0.125. The van der Waals surface area contributed by atoms with E-state index in [1.165, 1.54) is 0 Å². The normalized spacial score (nSPS) is 14.4. The van der Waals surface area contributed by atoms with Gasteiger partial charge in [0.2, 0.25) is 11.8 Å². The van der Waals surface area contributed by atoms with E-state index in [1.54, 1.807) is 4.90 Å². The highest BCUT2D eigenvalue weighted by Gasteiger charge is 2.32. The summed E-state index contributed by atoms with van der Waals surface area (Å²) in [5, 5.41) is 6.96. The van der Waals surface area contributed by atoms with Crippen molar-refractivity contribution in [3.63, 3.8) is 0 Å². The zero-order valence-electron chi connectivity index (χ0n) is 15.0. The van der Waals surface area contributed by atoms with E-state index in [2.05, 4.69) is 10.5 Å². The quantitative estimate of drug-likeness (QED) is 0.927. The minimum atomic E-state index is -0.635. The van der Waals surface area contributed by atoms with Gasteiger partial charge in [0.1, 0.15) is 12.3 Å². The van der Waals surface area contributed by atoms with E-state index in [0.717, 1.165) is 28.9 Å². The van der Waals surface area contributed by atoms with Crippen molar-refractivity contribution < 1.29 is 14.1 Å². The number of fused-ring (bicyclic) bond motifs is 1.